The largest absolute Gasteiger partial charge is 0.481 e. The van der Waals surface area contributed by atoms with Crippen LogP contribution in [0, 0.1) is 5.41 Å². The predicted molar refractivity (Wildman–Crippen MR) is 78.3 cm³/mol. The van der Waals surface area contributed by atoms with Gasteiger partial charge in [0.05, 0.1) is 11.3 Å². The van der Waals surface area contributed by atoms with Gasteiger partial charge >= 0.3 is 5.97 Å². The number of carbonyl (C=O) groups excluding carboxylic acids is 1. The first-order valence-corrected chi connectivity index (χ1v) is 7.07. The van der Waals surface area contributed by atoms with Gasteiger partial charge in [0.25, 0.3) is 0 Å². The van der Waals surface area contributed by atoms with E-state index in [1.54, 1.807) is 24.3 Å². The minimum atomic E-state index is -1.11. The second-order valence-corrected chi connectivity index (χ2v) is 5.21. The van der Waals surface area contributed by atoms with Crippen molar-refractivity contribution in [1.29, 1.82) is 0 Å². The molecule has 1 unspecified atom stereocenters. The summed E-state index contributed by atoms with van der Waals surface area (Å²) in [6.45, 7) is 3.85. The molecule has 0 aliphatic rings. The summed E-state index contributed by atoms with van der Waals surface area (Å²) in [6, 6.07) is 8.99. The van der Waals surface area contributed by atoms with E-state index in [9.17, 15) is 14.7 Å². The average Bonchev–Trinajstić information content (AvgIpc) is 2.39. The molecule has 0 aromatic heterocycles. The van der Waals surface area contributed by atoms with Crippen LogP contribution in [0.1, 0.15) is 51.0 Å². The monoisotopic (exact) mass is 277 g/mol. The van der Waals surface area contributed by atoms with Crippen LogP contribution >= 0.6 is 0 Å². The van der Waals surface area contributed by atoms with Crippen molar-refractivity contribution in [2.75, 3.05) is 0 Å². The maximum absolute atomic E-state index is 12.0. The van der Waals surface area contributed by atoms with Gasteiger partial charge in [0.15, 0.2) is 0 Å². The van der Waals surface area contributed by atoms with Crippen LogP contribution in [0.2, 0.25) is 0 Å². The van der Waals surface area contributed by atoms with Gasteiger partial charge in [-0.2, -0.15) is 0 Å². The fraction of sp³-hybridized carbons (Fsp3) is 0.500. The zero-order valence-electron chi connectivity index (χ0n) is 12.1. The molecule has 1 atom stereocenters. The Balaban J connectivity index is 3.38. The zero-order chi connectivity index (χ0) is 15.2. The summed E-state index contributed by atoms with van der Waals surface area (Å²) in [6.07, 6.45) is 2.28. The van der Waals surface area contributed by atoms with Crippen molar-refractivity contribution in [3.63, 3.8) is 0 Å². The Kier molecular flexibility index (Phi) is 5.74. The topological polar surface area (TPSA) is 80.4 Å². The molecule has 0 radical (unpaired) electrons. The predicted octanol–water partition coefficient (Wildman–Crippen LogP) is 2.93. The first kappa shape index (κ1) is 16.2. The molecule has 110 valence electrons. The molecule has 0 saturated heterocycles. The summed E-state index contributed by atoms with van der Waals surface area (Å²) in [5, 5.41) is 9.76. The third-order valence-electron chi connectivity index (χ3n) is 3.79. The second kappa shape index (κ2) is 7.08. The summed E-state index contributed by atoms with van der Waals surface area (Å²) < 4.78 is 0. The number of amides is 1. The van der Waals surface area contributed by atoms with Crippen LogP contribution in [0.3, 0.4) is 0 Å². The van der Waals surface area contributed by atoms with Gasteiger partial charge in [0, 0.05) is 0 Å². The summed E-state index contributed by atoms with van der Waals surface area (Å²) in [5.74, 6) is -2.30. The normalized spacial score (nSPS) is 12.9. The molecule has 1 aromatic carbocycles. The molecule has 3 N–H and O–H groups in total. The van der Waals surface area contributed by atoms with Crippen molar-refractivity contribution < 1.29 is 14.7 Å². The lowest BCUT2D eigenvalue weighted by Crippen LogP contribution is -2.43. The van der Waals surface area contributed by atoms with E-state index in [0.29, 0.717) is 31.2 Å². The summed E-state index contributed by atoms with van der Waals surface area (Å²) in [4.78, 5) is 23.9. The lowest BCUT2D eigenvalue weighted by atomic mass is 9.66. The van der Waals surface area contributed by atoms with Gasteiger partial charge in [-0.15, -0.1) is 0 Å². The first-order valence-electron chi connectivity index (χ1n) is 7.07. The Morgan fingerprint density at radius 1 is 1.15 bits per heavy atom. The molecule has 1 aromatic rings. The van der Waals surface area contributed by atoms with Crippen molar-refractivity contribution >= 4 is 11.9 Å². The van der Waals surface area contributed by atoms with E-state index in [-0.39, 0.29) is 0 Å². The number of hydrogen-bond donors (Lipinski definition) is 2. The van der Waals surface area contributed by atoms with Crippen molar-refractivity contribution in [1.82, 2.24) is 0 Å². The van der Waals surface area contributed by atoms with Crippen molar-refractivity contribution in [3.05, 3.63) is 35.9 Å². The van der Waals surface area contributed by atoms with Crippen LogP contribution in [-0.4, -0.2) is 17.0 Å². The number of carboxylic acids is 1. The molecule has 0 aliphatic carbocycles. The van der Waals surface area contributed by atoms with Crippen molar-refractivity contribution in [2.45, 2.75) is 45.4 Å². The van der Waals surface area contributed by atoms with Gasteiger partial charge in [0.1, 0.15) is 0 Å². The van der Waals surface area contributed by atoms with Gasteiger partial charge in [-0.3, -0.25) is 9.59 Å². The number of benzene rings is 1. The number of rotatable bonds is 8. The highest BCUT2D eigenvalue weighted by molar-refractivity contribution is 5.90. The maximum atomic E-state index is 12.0. The van der Waals surface area contributed by atoms with Crippen molar-refractivity contribution in [3.8, 4) is 0 Å². The molecule has 0 aliphatic heterocycles. The Labute approximate surface area is 120 Å². The molecule has 0 spiro atoms. The highest BCUT2D eigenvalue weighted by Gasteiger charge is 2.47. The van der Waals surface area contributed by atoms with Crippen LogP contribution in [-0.2, 0) is 9.59 Å². The van der Waals surface area contributed by atoms with E-state index in [2.05, 4.69) is 0 Å². The standard InChI is InChI=1S/C16H23NO3/c1-3-10-16(11-4-2,15(19)20)13(14(17)18)12-8-6-5-7-9-12/h5-9,13H,3-4,10-11H2,1-2H3,(H2,17,18)(H,19,20). The molecule has 1 rings (SSSR count). The molecular weight excluding hydrogens is 254 g/mol. The Morgan fingerprint density at radius 3 is 2.00 bits per heavy atom. The van der Waals surface area contributed by atoms with E-state index in [1.807, 2.05) is 19.9 Å². The Bertz CT molecular complexity index is 450. The highest BCUT2D eigenvalue weighted by atomic mass is 16.4. The van der Waals surface area contributed by atoms with Gasteiger partial charge < -0.3 is 10.8 Å². The van der Waals surface area contributed by atoms with Crippen LogP contribution in [0.4, 0.5) is 0 Å². The number of nitrogens with two attached hydrogens (primary N) is 1. The Hall–Kier alpha value is -1.84. The fourth-order valence-corrected chi connectivity index (χ4v) is 3.04. The number of primary amides is 1. The van der Waals surface area contributed by atoms with Gasteiger partial charge in [-0.05, 0) is 18.4 Å². The van der Waals surface area contributed by atoms with Gasteiger partial charge in [-0.1, -0.05) is 57.0 Å². The van der Waals surface area contributed by atoms with E-state index in [0.717, 1.165) is 0 Å². The summed E-state index contributed by atoms with van der Waals surface area (Å²) in [7, 11) is 0. The van der Waals surface area contributed by atoms with Gasteiger partial charge in [0.2, 0.25) is 5.91 Å². The minimum Gasteiger partial charge on any atom is -0.481 e. The van der Waals surface area contributed by atoms with Crippen LogP contribution < -0.4 is 5.73 Å². The number of carboxylic acid groups (broad SMARTS) is 1. The average molecular weight is 277 g/mol. The van der Waals surface area contributed by atoms with E-state index >= 15 is 0 Å². The molecule has 4 nitrogen and oxygen atoms in total. The first-order chi connectivity index (χ1) is 9.49. The lowest BCUT2D eigenvalue weighted by molar-refractivity contribution is -0.154. The van der Waals surface area contributed by atoms with Crippen LogP contribution in [0.25, 0.3) is 0 Å². The molecule has 0 heterocycles. The third-order valence-corrected chi connectivity index (χ3v) is 3.79. The fourth-order valence-electron chi connectivity index (χ4n) is 3.04. The lowest BCUT2D eigenvalue weighted by Gasteiger charge is -2.35. The molecule has 1 amide bonds. The number of carbonyl (C=O) groups is 2. The summed E-state index contributed by atoms with van der Waals surface area (Å²) >= 11 is 0. The third kappa shape index (κ3) is 3.18. The molecule has 0 bridgehead atoms. The van der Waals surface area contributed by atoms with E-state index < -0.39 is 23.2 Å². The van der Waals surface area contributed by atoms with E-state index in [4.69, 9.17) is 5.73 Å². The molecule has 20 heavy (non-hydrogen) atoms. The maximum Gasteiger partial charge on any atom is 0.310 e. The molecule has 0 saturated carbocycles. The highest BCUT2D eigenvalue weighted by Crippen LogP contribution is 2.44. The molecule has 0 fully saturated rings. The minimum absolute atomic E-state index is 0.443. The Morgan fingerprint density at radius 2 is 1.65 bits per heavy atom. The van der Waals surface area contributed by atoms with Crippen molar-refractivity contribution in [2.24, 2.45) is 11.1 Å². The SMILES string of the molecule is CCCC(CCC)(C(=O)O)C(C(N)=O)c1ccccc1. The number of aliphatic carboxylic acids is 1. The molecule has 4 heteroatoms. The van der Waals surface area contributed by atoms with E-state index in [1.165, 1.54) is 0 Å². The zero-order valence-corrected chi connectivity index (χ0v) is 12.1. The van der Waals surface area contributed by atoms with Crippen LogP contribution in [0.15, 0.2) is 30.3 Å². The summed E-state index contributed by atoms with van der Waals surface area (Å²) in [5.41, 5.74) is 5.12. The van der Waals surface area contributed by atoms with Crippen LogP contribution in [0.5, 0.6) is 0 Å². The van der Waals surface area contributed by atoms with Gasteiger partial charge in [-0.25, -0.2) is 0 Å². The quantitative estimate of drug-likeness (QED) is 0.766. The number of hydrogen-bond acceptors (Lipinski definition) is 2. The molecular formula is C16H23NO3. The second-order valence-electron chi connectivity index (χ2n) is 5.21. The smallest absolute Gasteiger partial charge is 0.310 e.